The van der Waals surface area contributed by atoms with Crippen LogP contribution in [-0.2, 0) is 0 Å². The van der Waals surface area contributed by atoms with Crippen molar-refractivity contribution in [3.8, 4) is 11.1 Å². The Bertz CT molecular complexity index is 2720. The highest BCUT2D eigenvalue weighted by Crippen LogP contribution is 2.46. The Morgan fingerprint density at radius 1 is 0.447 bits per heavy atom. The summed E-state index contributed by atoms with van der Waals surface area (Å²) in [5.41, 5.74) is 7.30. The number of hydrogen-bond acceptors (Lipinski definition) is 5. The van der Waals surface area contributed by atoms with Crippen LogP contribution in [0.15, 0.2) is 161 Å². The minimum Gasteiger partial charge on any atom is -0.456 e. The Morgan fingerprint density at radius 3 is 2.06 bits per heavy atom. The highest BCUT2D eigenvalue weighted by Gasteiger charge is 2.24. The van der Waals surface area contributed by atoms with Gasteiger partial charge in [-0.05, 0) is 93.3 Å². The van der Waals surface area contributed by atoms with Gasteiger partial charge in [0.1, 0.15) is 22.6 Å². The van der Waals surface area contributed by atoms with Gasteiger partial charge in [-0.25, -0.2) is 9.97 Å². The van der Waals surface area contributed by atoms with Crippen molar-refractivity contribution in [3.05, 3.63) is 152 Å². The van der Waals surface area contributed by atoms with Crippen LogP contribution in [0.1, 0.15) is 0 Å². The van der Waals surface area contributed by atoms with E-state index in [1.165, 1.54) is 21.9 Å². The number of para-hydroxylation sites is 1. The van der Waals surface area contributed by atoms with Crippen LogP contribution in [0.25, 0.3) is 76.7 Å². The van der Waals surface area contributed by atoms with Gasteiger partial charge in [0.2, 0.25) is 5.71 Å². The summed E-state index contributed by atoms with van der Waals surface area (Å²) in [6.45, 7) is 0. The molecule has 0 unspecified atom stereocenters. The summed E-state index contributed by atoms with van der Waals surface area (Å²) >= 11 is 0. The van der Waals surface area contributed by atoms with Gasteiger partial charge < -0.3 is 8.83 Å². The average Bonchev–Trinajstić information content (AvgIpc) is 3.71. The Hall–Kier alpha value is -6.46. The lowest BCUT2D eigenvalue weighted by Crippen LogP contribution is -2.12. The first-order valence-electron chi connectivity index (χ1n) is 15.6. The number of nitrogens with zero attached hydrogens (tertiary/aromatic N) is 3. The molecule has 0 N–H and O–H groups in total. The van der Waals surface area contributed by atoms with E-state index < -0.39 is 0 Å². The summed E-state index contributed by atoms with van der Waals surface area (Å²) in [4.78, 5) is 11.8. The molecule has 220 valence electrons. The van der Waals surface area contributed by atoms with Crippen molar-refractivity contribution in [2.24, 2.45) is 0 Å². The monoisotopic (exact) mass is 603 g/mol. The van der Waals surface area contributed by atoms with Gasteiger partial charge in [0.15, 0.2) is 0 Å². The molecule has 0 aliphatic carbocycles. The second-order valence-electron chi connectivity index (χ2n) is 11.9. The molecule has 4 heterocycles. The van der Waals surface area contributed by atoms with Crippen molar-refractivity contribution < 1.29 is 8.83 Å². The van der Waals surface area contributed by atoms with Gasteiger partial charge in [-0.15, -0.1) is 0 Å². The van der Waals surface area contributed by atoms with E-state index in [-0.39, 0.29) is 0 Å². The van der Waals surface area contributed by atoms with Crippen molar-refractivity contribution in [1.29, 1.82) is 0 Å². The highest BCUT2D eigenvalue weighted by molar-refractivity contribution is 6.16. The fraction of sp³-hybridized carbons (Fsp3) is 0. The number of fused-ring (bicyclic) bond motifs is 8. The smallest absolute Gasteiger partial charge is 0.227 e. The van der Waals surface area contributed by atoms with Gasteiger partial charge in [-0.1, -0.05) is 78.9 Å². The minimum absolute atomic E-state index is 0.606. The van der Waals surface area contributed by atoms with E-state index in [2.05, 4.69) is 107 Å². The van der Waals surface area contributed by atoms with Crippen molar-refractivity contribution in [2.75, 3.05) is 4.90 Å². The van der Waals surface area contributed by atoms with Crippen LogP contribution in [0.4, 0.5) is 17.2 Å². The maximum atomic E-state index is 6.31. The van der Waals surface area contributed by atoms with Gasteiger partial charge in [0, 0.05) is 23.5 Å². The molecule has 6 aromatic carbocycles. The Morgan fingerprint density at radius 2 is 1.15 bits per heavy atom. The van der Waals surface area contributed by atoms with Crippen LogP contribution in [0, 0.1) is 0 Å². The van der Waals surface area contributed by atoms with Crippen LogP contribution >= 0.6 is 0 Å². The van der Waals surface area contributed by atoms with Gasteiger partial charge in [-0.2, -0.15) is 0 Å². The number of anilines is 3. The molecule has 47 heavy (non-hydrogen) atoms. The Balaban J connectivity index is 1.21. The number of pyridine rings is 2. The lowest BCUT2D eigenvalue weighted by molar-refractivity contribution is 0.654. The van der Waals surface area contributed by atoms with Crippen LogP contribution in [0.2, 0.25) is 0 Å². The molecule has 0 saturated carbocycles. The highest BCUT2D eigenvalue weighted by atomic mass is 16.3. The first-order chi connectivity index (χ1) is 23.3. The molecule has 10 aromatic rings. The number of furan rings is 2. The van der Waals surface area contributed by atoms with E-state index in [0.717, 1.165) is 66.3 Å². The van der Waals surface area contributed by atoms with Gasteiger partial charge in [0.05, 0.1) is 21.8 Å². The SMILES string of the molecule is c1ccc2cc(-c3ccc4cc(N(c5nccc6oc7ccccc7c56)c5cccc6oc7ncccc7c56)ccc4c3)ccc2c1. The van der Waals surface area contributed by atoms with Gasteiger partial charge in [0.25, 0.3) is 0 Å². The first-order valence-corrected chi connectivity index (χ1v) is 15.6. The third-order valence-electron chi connectivity index (χ3n) is 9.14. The quantitative estimate of drug-likeness (QED) is 0.200. The fourth-order valence-corrected chi connectivity index (χ4v) is 6.95. The van der Waals surface area contributed by atoms with E-state index in [1.807, 2.05) is 48.7 Å². The molecule has 5 heteroatoms. The topological polar surface area (TPSA) is 55.3 Å². The zero-order valence-electron chi connectivity index (χ0n) is 25.1. The maximum Gasteiger partial charge on any atom is 0.227 e. The average molecular weight is 604 g/mol. The Labute approximate surface area is 268 Å². The summed E-state index contributed by atoms with van der Waals surface area (Å²) in [6, 6.07) is 48.7. The molecule has 4 aromatic heterocycles. The van der Waals surface area contributed by atoms with E-state index >= 15 is 0 Å². The summed E-state index contributed by atoms with van der Waals surface area (Å²) in [5.74, 6) is 0.783. The molecule has 0 spiro atoms. The summed E-state index contributed by atoms with van der Waals surface area (Å²) < 4.78 is 12.5. The third-order valence-corrected chi connectivity index (χ3v) is 9.14. The standard InChI is InChI=1S/C42H25N3O2/c1-2-8-27-23-28(15-14-26(27)7-1)29-16-17-31-25-32(19-18-30(31)24-29)45(35-11-5-13-37-39(35)34-10-6-21-44-42(34)47-37)41-40-33-9-3-4-12-36(33)46-38(40)20-22-43-41/h1-25H. The van der Waals surface area contributed by atoms with Crippen molar-refractivity contribution >= 4 is 82.7 Å². The first kappa shape index (κ1) is 25.8. The normalized spacial score (nSPS) is 11.8. The molecule has 0 aliphatic rings. The van der Waals surface area contributed by atoms with E-state index in [0.29, 0.717) is 5.71 Å². The zero-order chi connectivity index (χ0) is 30.9. The van der Waals surface area contributed by atoms with Crippen LogP contribution < -0.4 is 4.90 Å². The van der Waals surface area contributed by atoms with E-state index in [1.54, 1.807) is 6.20 Å². The largest absolute Gasteiger partial charge is 0.456 e. The minimum atomic E-state index is 0.606. The molecule has 0 radical (unpaired) electrons. The summed E-state index contributed by atoms with van der Waals surface area (Å²) in [5, 5.41) is 8.68. The zero-order valence-corrected chi connectivity index (χ0v) is 25.1. The third kappa shape index (κ3) is 4.03. The molecule has 0 atom stereocenters. The maximum absolute atomic E-state index is 6.31. The predicted molar refractivity (Wildman–Crippen MR) is 192 cm³/mol. The summed E-state index contributed by atoms with van der Waals surface area (Å²) in [6.07, 6.45) is 3.58. The number of benzene rings is 6. The molecule has 0 bridgehead atoms. The molecule has 0 amide bonds. The van der Waals surface area contributed by atoms with Crippen molar-refractivity contribution in [3.63, 3.8) is 0 Å². The molecule has 5 nitrogen and oxygen atoms in total. The second kappa shape index (κ2) is 10.0. The molecule has 0 aliphatic heterocycles. The number of hydrogen-bond donors (Lipinski definition) is 0. The van der Waals surface area contributed by atoms with Crippen molar-refractivity contribution in [1.82, 2.24) is 9.97 Å². The molecule has 10 rings (SSSR count). The lowest BCUT2D eigenvalue weighted by Gasteiger charge is -2.26. The van der Waals surface area contributed by atoms with Crippen LogP contribution in [0.5, 0.6) is 0 Å². The van der Waals surface area contributed by atoms with Crippen molar-refractivity contribution in [2.45, 2.75) is 0 Å². The fourth-order valence-electron chi connectivity index (χ4n) is 6.95. The molecule has 0 saturated heterocycles. The molecule has 0 fully saturated rings. The van der Waals surface area contributed by atoms with Crippen LogP contribution in [0.3, 0.4) is 0 Å². The van der Waals surface area contributed by atoms with E-state index in [4.69, 9.17) is 13.8 Å². The lowest BCUT2D eigenvalue weighted by atomic mass is 9.98. The Kier molecular flexibility index (Phi) is 5.51. The number of aromatic nitrogens is 2. The number of rotatable bonds is 4. The summed E-state index contributed by atoms with van der Waals surface area (Å²) in [7, 11) is 0. The van der Waals surface area contributed by atoms with Gasteiger partial charge >= 0.3 is 0 Å². The predicted octanol–water partition coefficient (Wildman–Crippen LogP) is 11.7. The van der Waals surface area contributed by atoms with Gasteiger partial charge in [-0.3, -0.25) is 4.90 Å². The second-order valence-corrected chi connectivity index (χ2v) is 11.9. The van der Waals surface area contributed by atoms with Crippen LogP contribution in [-0.4, -0.2) is 9.97 Å². The molecular formula is C42H25N3O2. The molecular weight excluding hydrogens is 578 g/mol. The van der Waals surface area contributed by atoms with E-state index in [9.17, 15) is 0 Å².